The van der Waals surface area contributed by atoms with Gasteiger partial charge in [-0.3, -0.25) is 0 Å². The van der Waals surface area contributed by atoms with Gasteiger partial charge >= 0.3 is 0 Å². The predicted molar refractivity (Wildman–Crippen MR) is 96.4 cm³/mol. The summed E-state index contributed by atoms with van der Waals surface area (Å²) in [6.45, 7) is 8.66. The molecule has 0 amide bonds. The fraction of sp³-hybridized carbons (Fsp3) is 0.588. The lowest BCUT2D eigenvalue weighted by molar-refractivity contribution is 0.481. The summed E-state index contributed by atoms with van der Waals surface area (Å²) < 4.78 is 22.9. The SMILES string of the molecule is CCNC(=NCc1ccc(S(C)(=O)=O)cc1)NCC(CC)CC. The number of benzene rings is 1. The Morgan fingerprint density at radius 2 is 1.70 bits per heavy atom. The van der Waals surface area contributed by atoms with Crippen molar-refractivity contribution in [2.24, 2.45) is 10.9 Å². The number of sulfone groups is 1. The van der Waals surface area contributed by atoms with Crippen molar-refractivity contribution < 1.29 is 8.42 Å². The van der Waals surface area contributed by atoms with Crippen LogP contribution in [-0.2, 0) is 16.4 Å². The van der Waals surface area contributed by atoms with Gasteiger partial charge in [-0.1, -0.05) is 38.8 Å². The van der Waals surface area contributed by atoms with E-state index in [0.29, 0.717) is 17.4 Å². The molecule has 0 aromatic heterocycles. The average Bonchev–Trinajstić information content (AvgIpc) is 2.53. The number of hydrogen-bond donors (Lipinski definition) is 2. The summed E-state index contributed by atoms with van der Waals surface area (Å²) in [7, 11) is -3.14. The number of nitrogens with zero attached hydrogens (tertiary/aromatic N) is 1. The van der Waals surface area contributed by atoms with Gasteiger partial charge < -0.3 is 10.6 Å². The molecule has 0 heterocycles. The van der Waals surface area contributed by atoms with Gasteiger partial charge in [-0.15, -0.1) is 0 Å². The summed E-state index contributed by atoms with van der Waals surface area (Å²) in [5, 5.41) is 6.61. The minimum absolute atomic E-state index is 0.337. The molecule has 23 heavy (non-hydrogen) atoms. The number of nitrogens with one attached hydrogen (secondary N) is 2. The summed E-state index contributed by atoms with van der Waals surface area (Å²) >= 11 is 0. The van der Waals surface area contributed by atoms with Crippen molar-refractivity contribution in [2.45, 2.75) is 45.1 Å². The molecule has 0 bridgehead atoms. The molecule has 5 nitrogen and oxygen atoms in total. The Kier molecular flexibility index (Phi) is 8.09. The Labute approximate surface area is 140 Å². The molecular weight excluding hydrogens is 310 g/mol. The molecule has 1 aromatic rings. The first kappa shape index (κ1) is 19.5. The van der Waals surface area contributed by atoms with Crippen LogP contribution in [0.15, 0.2) is 34.2 Å². The van der Waals surface area contributed by atoms with E-state index < -0.39 is 9.84 Å². The molecule has 0 saturated heterocycles. The van der Waals surface area contributed by atoms with E-state index in [1.165, 1.54) is 6.26 Å². The lowest BCUT2D eigenvalue weighted by atomic mass is 10.0. The van der Waals surface area contributed by atoms with Gasteiger partial charge in [0, 0.05) is 19.3 Å². The molecule has 1 aromatic carbocycles. The maximum absolute atomic E-state index is 11.5. The van der Waals surface area contributed by atoms with Crippen molar-refractivity contribution in [1.82, 2.24) is 10.6 Å². The molecule has 130 valence electrons. The third-order valence-corrected chi connectivity index (χ3v) is 4.96. The Bertz CT molecular complexity index is 591. The van der Waals surface area contributed by atoms with Gasteiger partial charge in [0.05, 0.1) is 11.4 Å². The van der Waals surface area contributed by atoms with Gasteiger partial charge in [0.15, 0.2) is 15.8 Å². The standard InChI is InChI=1S/C17H29N3O2S/c1-5-14(6-2)12-19-17(18-7-3)20-13-15-8-10-16(11-9-15)23(4,21)22/h8-11,14H,5-7,12-13H2,1-4H3,(H2,18,19,20). The van der Waals surface area contributed by atoms with Crippen LogP contribution in [0.1, 0.15) is 39.2 Å². The molecule has 0 aliphatic rings. The zero-order chi connectivity index (χ0) is 17.3. The number of hydrogen-bond acceptors (Lipinski definition) is 3. The maximum atomic E-state index is 11.5. The zero-order valence-corrected chi connectivity index (χ0v) is 15.4. The van der Waals surface area contributed by atoms with E-state index in [-0.39, 0.29) is 0 Å². The number of aliphatic imine (C=N–C) groups is 1. The van der Waals surface area contributed by atoms with Crippen molar-refractivity contribution >= 4 is 15.8 Å². The van der Waals surface area contributed by atoms with Crippen LogP contribution < -0.4 is 10.6 Å². The zero-order valence-electron chi connectivity index (χ0n) is 14.6. The Hall–Kier alpha value is -1.56. The van der Waals surface area contributed by atoms with Crippen LogP contribution in [0.25, 0.3) is 0 Å². The fourth-order valence-corrected chi connectivity index (χ4v) is 2.80. The minimum Gasteiger partial charge on any atom is -0.357 e. The molecule has 1 rings (SSSR count). The van der Waals surface area contributed by atoms with E-state index in [4.69, 9.17) is 0 Å². The lowest BCUT2D eigenvalue weighted by Crippen LogP contribution is -2.39. The molecule has 0 fully saturated rings. The van der Waals surface area contributed by atoms with E-state index in [1.807, 2.05) is 19.1 Å². The van der Waals surface area contributed by atoms with Gasteiger partial charge in [0.2, 0.25) is 0 Å². The van der Waals surface area contributed by atoms with E-state index in [0.717, 1.165) is 37.5 Å². The molecule has 0 spiro atoms. The van der Waals surface area contributed by atoms with Gasteiger partial charge in [0.25, 0.3) is 0 Å². The van der Waals surface area contributed by atoms with Gasteiger partial charge in [0.1, 0.15) is 0 Å². The first-order valence-corrected chi connectivity index (χ1v) is 10.1. The summed E-state index contributed by atoms with van der Waals surface area (Å²) in [5.74, 6) is 1.44. The maximum Gasteiger partial charge on any atom is 0.191 e. The molecule has 6 heteroatoms. The topological polar surface area (TPSA) is 70.6 Å². The predicted octanol–water partition coefficient (Wildman–Crippen LogP) is 2.58. The highest BCUT2D eigenvalue weighted by atomic mass is 32.2. The van der Waals surface area contributed by atoms with Crippen LogP contribution in [0, 0.1) is 5.92 Å². The largest absolute Gasteiger partial charge is 0.357 e. The first-order valence-electron chi connectivity index (χ1n) is 8.21. The van der Waals surface area contributed by atoms with Gasteiger partial charge in [-0.2, -0.15) is 0 Å². The van der Waals surface area contributed by atoms with Crippen LogP contribution in [0.5, 0.6) is 0 Å². The number of guanidine groups is 1. The van der Waals surface area contributed by atoms with E-state index in [1.54, 1.807) is 12.1 Å². The molecule has 2 N–H and O–H groups in total. The highest BCUT2D eigenvalue weighted by molar-refractivity contribution is 7.90. The van der Waals surface area contributed by atoms with E-state index >= 15 is 0 Å². The molecule has 0 unspecified atom stereocenters. The smallest absolute Gasteiger partial charge is 0.191 e. The van der Waals surface area contributed by atoms with Crippen LogP contribution >= 0.6 is 0 Å². The second-order valence-corrected chi connectivity index (χ2v) is 7.69. The minimum atomic E-state index is -3.14. The van der Waals surface area contributed by atoms with Crippen LogP contribution in [0.2, 0.25) is 0 Å². The van der Waals surface area contributed by atoms with Crippen LogP contribution in [0.4, 0.5) is 0 Å². The third-order valence-electron chi connectivity index (χ3n) is 3.83. The summed E-state index contributed by atoms with van der Waals surface area (Å²) in [6, 6.07) is 6.88. The van der Waals surface area contributed by atoms with Crippen LogP contribution in [-0.4, -0.2) is 33.7 Å². The van der Waals surface area contributed by atoms with Crippen molar-refractivity contribution in [3.8, 4) is 0 Å². The Balaban J connectivity index is 2.69. The quantitative estimate of drug-likeness (QED) is 0.564. The van der Waals surface area contributed by atoms with Crippen molar-refractivity contribution in [2.75, 3.05) is 19.3 Å². The highest BCUT2D eigenvalue weighted by Crippen LogP contribution is 2.11. The second kappa shape index (κ2) is 9.55. The van der Waals surface area contributed by atoms with E-state index in [2.05, 4.69) is 29.5 Å². The molecule has 0 aliphatic carbocycles. The monoisotopic (exact) mass is 339 g/mol. The first-order chi connectivity index (χ1) is 10.9. The summed E-state index contributed by atoms with van der Waals surface area (Å²) in [5.41, 5.74) is 0.983. The van der Waals surface area contributed by atoms with Crippen molar-refractivity contribution in [3.05, 3.63) is 29.8 Å². The highest BCUT2D eigenvalue weighted by Gasteiger charge is 2.07. The second-order valence-electron chi connectivity index (χ2n) is 5.67. The van der Waals surface area contributed by atoms with Crippen molar-refractivity contribution in [1.29, 1.82) is 0 Å². The fourth-order valence-electron chi connectivity index (χ4n) is 2.17. The van der Waals surface area contributed by atoms with E-state index in [9.17, 15) is 8.42 Å². The van der Waals surface area contributed by atoms with Crippen LogP contribution in [0.3, 0.4) is 0 Å². The lowest BCUT2D eigenvalue weighted by Gasteiger charge is -2.16. The third kappa shape index (κ3) is 7.03. The molecule has 0 saturated carbocycles. The molecular formula is C17H29N3O2S. The molecule has 0 radical (unpaired) electrons. The van der Waals surface area contributed by atoms with Crippen molar-refractivity contribution in [3.63, 3.8) is 0 Å². The summed E-state index contributed by atoms with van der Waals surface area (Å²) in [6.07, 6.45) is 3.51. The van der Waals surface area contributed by atoms with Gasteiger partial charge in [-0.25, -0.2) is 13.4 Å². The Morgan fingerprint density at radius 1 is 1.09 bits per heavy atom. The molecule has 0 aliphatic heterocycles. The molecule has 0 atom stereocenters. The Morgan fingerprint density at radius 3 is 2.17 bits per heavy atom. The average molecular weight is 340 g/mol. The number of rotatable bonds is 8. The van der Waals surface area contributed by atoms with Gasteiger partial charge in [-0.05, 0) is 30.5 Å². The summed E-state index contributed by atoms with van der Waals surface area (Å²) in [4.78, 5) is 4.90. The normalized spacial score (nSPS) is 12.5.